The van der Waals surface area contributed by atoms with Crippen molar-refractivity contribution in [1.29, 1.82) is 0 Å². The van der Waals surface area contributed by atoms with Crippen LogP contribution < -0.4 is 4.74 Å². The highest BCUT2D eigenvalue weighted by atomic mass is 16.6. The molecular weight excluding hydrogens is 224 g/mol. The van der Waals surface area contributed by atoms with Gasteiger partial charge in [0.25, 0.3) is 0 Å². The molecule has 0 bridgehead atoms. The summed E-state index contributed by atoms with van der Waals surface area (Å²) >= 11 is 0. The van der Waals surface area contributed by atoms with Crippen molar-refractivity contribution in [3.05, 3.63) is 29.8 Å². The zero-order chi connectivity index (χ0) is 13.1. The van der Waals surface area contributed by atoms with E-state index in [1.165, 1.54) is 38.1 Å². The maximum atomic E-state index is 11.7. The van der Waals surface area contributed by atoms with Crippen molar-refractivity contribution in [3.8, 4) is 5.75 Å². The van der Waals surface area contributed by atoms with Gasteiger partial charge in [0, 0.05) is 5.56 Å². The topological polar surface area (TPSA) is 87.0 Å². The van der Waals surface area contributed by atoms with E-state index in [2.05, 4.69) is 0 Å². The molecule has 0 saturated carbocycles. The van der Waals surface area contributed by atoms with Crippen LogP contribution in [0.25, 0.3) is 0 Å². The maximum Gasteiger partial charge on any atom is 0.220 e. The fourth-order valence-corrected chi connectivity index (χ4v) is 1.23. The Hall–Kier alpha value is -1.43. The van der Waals surface area contributed by atoms with Crippen molar-refractivity contribution in [2.45, 2.75) is 25.7 Å². The molecule has 0 aliphatic heterocycles. The van der Waals surface area contributed by atoms with E-state index < -0.39 is 24.3 Å². The zero-order valence-corrected chi connectivity index (χ0v) is 9.75. The molecule has 94 valence electrons. The number of benzene rings is 1. The van der Waals surface area contributed by atoms with Crippen LogP contribution >= 0.6 is 0 Å². The number of ketones is 1. The molecule has 1 unspecified atom stereocenters. The SMILES string of the molecule is CC(C)(O)C(=O)c1ccc(OC(O)CO)cc1. The second kappa shape index (κ2) is 5.27. The quantitative estimate of drug-likeness (QED) is 0.510. The van der Waals surface area contributed by atoms with Gasteiger partial charge in [0.2, 0.25) is 6.29 Å². The first kappa shape index (κ1) is 13.6. The van der Waals surface area contributed by atoms with Crippen LogP contribution in [0, 0.1) is 0 Å². The lowest BCUT2D eigenvalue weighted by molar-refractivity contribution is -0.0548. The van der Waals surface area contributed by atoms with Crippen LogP contribution in [0.4, 0.5) is 0 Å². The summed E-state index contributed by atoms with van der Waals surface area (Å²) in [5.74, 6) is -0.0643. The van der Waals surface area contributed by atoms with Crippen molar-refractivity contribution < 1.29 is 24.9 Å². The number of Topliss-reactive ketones (excluding diaryl/α,β-unsaturated/α-hetero) is 1. The summed E-state index contributed by atoms with van der Waals surface area (Å²) in [7, 11) is 0. The average molecular weight is 240 g/mol. The largest absolute Gasteiger partial charge is 0.463 e. The number of hydrogen-bond acceptors (Lipinski definition) is 5. The van der Waals surface area contributed by atoms with Crippen LogP contribution in [0.5, 0.6) is 5.75 Å². The molecule has 5 heteroatoms. The molecule has 0 amide bonds. The van der Waals surface area contributed by atoms with E-state index in [9.17, 15) is 9.90 Å². The van der Waals surface area contributed by atoms with E-state index in [0.717, 1.165) is 0 Å². The number of ether oxygens (including phenoxy) is 1. The minimum absolute atomic E-state index is 0.332. The number of carbonyl (C=O) groups is 1. The molecule has 17 heavy (non-hydrogen) atoms. The van der Waals surface area contributed by atoms with Crippen LogP contribution in [-0.2, 0) is 0 Å². The predicted molar refractivity (Wildman–Crippen MR) is 60.8 cm³/mol. The molecule has 0 heterocycles. The molecule has 1 aromatic carbocycles. The van der Waals surface area contributed by atoms with Crippen LogP contribution in [0.1, 0.15) is 24.2 Å². The highest BCUT2D eigenvalue weighted by molar-refractivity contribution is 6.01. The van der Waals surface area contributed by atoms with Gasteiger partial charge in [0.15, 0.2) is 5.78 Å². The summed E-state index contributed by atoms with van der Waals surface area (Å²) in [6.07, 6.45) is -1.29. The predicted octanol–water partition coefficient (Wildman–Crippen LogP) is 0.330. The normalized spacial score (nSPS) is 13.2. The summed E-state index contributed by atoms with van der Waals surface area (Å²) in [4.78, 5) is 11.7. The highest BCUT2D eigenvalue weighted by Gasteiger charge is 2.24. The van der Waals surface area contributed by atoms with E-state index in [4.69, 9.17) is 14.9 Å². The summed E-state index contributed by atoms with van der Waals surface area (Å²) in [5, 5.41) is 27.2. The highest BCUT2D eigenvalue weighted by Crippen LogP contribution is 2.17. The molecule has 0 aliphatic rings. The van der Waals surface area contributed by atoms with Crippen LogP contribution in [0.2, 0.25) is 0 Å². The molecule has 3 N–H and O–H groups in total. The summed E-state index contributed by atoms with van der Waals surface area (Å²) in [5.41, 5.74) is -1.07. The second-order valence-electron chi connectivity index (χ2n) is 4.17. The Kier molecular flexibility index (Phi) is 4.22. The van der Waals surface area contributed by atoms with Gasteiger partial charge in [-0.1, -0.05) is 0 Å². The number of aliphatic hydroxyl groups excluding tert-OH is 2. The van der Waals surface area contributed by atoms with Crippen molar-refractivity contribution in [2.24, 2.45) is 0 Å². The summed E-state index contributed by atoms with van der Waals surface area (Å²) in [6.45, 7) is 2.31. The molecule has 1 aromatic rings. The standard InChI is InChI=1S/C12H16O5/c1-12(2,16)11(15)8-3-5-9(6-4-8)17-10(14)7-13/h3-6,10,13-14,16H,7H2,1-2H3. The third-order valence-corrected chi connectivity index (χ3v) is 2.10. The summed E-state index contributed by atoms with van der Waals surface area (Å²) < 4.78 is 4.92. The number of carbonyl (C=O) groups excluding carboxylic acids is 1. The van der Waals surface area contributed by atoms with Gasteiger partial charge in [-0.2, -0.15) is 0 Å². The first-order valence-corrected chi connectivity index (χ1v) is 5.17. The third-order valence-electron chi connectivity index (χ3n) is 2.10. The van der Waals surface area contributed by atoms with Crippen molar-refractivity contribution in [1.82, 2.24) is 0 Å². The van der Waals surface area contributed by atoms with E-state index in [-0.39, 0.29) is 0 Å². The third kappa shape index (κ3) is 3.81. The number of rotatable bonds is 5. The Labute approximate surface area is 99.3 Å². The number of aliphatic hydroxyl groups is 3. The van der Waals surface area contributed by atoms with Gasteiger partial charge in [-0.15, -0.1) is 0 Å². The summed E-state index contributed by atoms with van der Waals surface area (Å²) in [6, 6.07) is 5.94. The van der Waals surface area contributed by atoms with Gasteiger partial charge in [-0.05, 0) is 38.1 Å². The van der Waals surface area contributed by atoms with Crippen molar-refractivity contribution in [3.63, 3.8) is 0 Å². The fraction of sp³-hybridized carbons (Fsp3) is 0.417. The molecular formula is C12H16O5. The van der Waals surface area contributed by atoms with Crippen molar-refractivity contribution in [2.75, 3.05) is 6.61 Å². The van der Waals surface area contributed by atoms with E-state index in [0.29, 0.717) is 11.3 Å². The van der Waals surface area contributed by atoms with Gasteiger partial charge in [0.05, 0.1) is 0 Å². The lowest BCUT2D eigenvalue weighted by Crippen LogP contribution is -2.31. The minimum atomic E-state index is -1.42. The first-order chi connectivity index (χ1) is 7.84. The van der Waals surface area contributed by atoms with Crippen LogP contribution in [-0.4, -0.2) is 39.6 Å². The smallest absolute Gasteiger partial charge is 0.220 e. The monoisotopic (exact) mass is 240 g/mol. The molecule has 1 rings (SSSR count). The Morgan fingerprint density at radius 1 is 1.35 bits per heavy atom. The van der Waals surface area contributed by atoms with Gasteiger partial charge < -0.3 is 20.1 Å². The first-order valence-electron chi connectivity index (χ1n) is 5.17. The minimum Gasteiger partial charge on any atom is -0.463 e. The Bertz CT molecular complexity index is 377. The van der Waals surface area contributed by atoms with E-state index in [1.807, 2.05) is 0 Å². The number of hydrogen-bond donors (Lipinski definition) is 3. The molecule has 0 radical (unpaired) electrons. The molecule has 0 spiro atoms. The van der Waals surface area contributed by atoms with Gasteiger partial charge in [-0.3, -0.25) is 4.79 Å². The lowest BCUT2D eigenvalue weighted by atomic mass is 9.97. The molecule has 1 atom stereocenters. The molecule has 0 aliphatic carbocycles. The van der Waals surface area contributed by atoms with E-state index >= 15 is 0 Å². The van der Waals surface area contributed by atoms with Gasteiger partial charge >= 0.3 is 0 Å². The van der Waals surface area contributed by atoms with Crippen LogP contribution in [0.15, 0.2) is 24.3 Å². The Balaban J connectivity index is 2.78. The zero-order valence-electron chi connectivity index (χ0n) is 9.75. The molecule has 5 nitrogen and oxygen atoms in total. The van der Waals surface area contributed by atoms with E-state index in [1.54, 1.807) is 0 Å². The fourth-order valence-electron chi connectivity index (χ4n) is 1.23. The molecule has 0 fully saturated rings. The second-order valence-corrected chi connectivity index (χ2v) is 4.17. The average Bonchev–Trinajstić information content (AvgIpc) is 2.27. The molecule has 0 saturated heterocycles. The Morgan fingerprint density at radius 3 is 2.29 bits per heavy atom. The lowest BCUT2D eigenvalue weighted by Gasteiger charge is -2.16. The van der Waals surface area contributed by atoms with Crippen molar-refractivity contribution >= 4 is 5.78 Å². The molecule has 0 aromatic heterocycles. The maximum absolute atomic E-state index is 11.7. The van der Waals surface area contributed by atoms with Gasteiger partial charge in [0.1, 0.15) is 18.0 Å². The van der Waals surface area contributed by atoms with Gasteiger partial charge in [-0.25, -0.2) is 0 Å². The van der Waals surface area contributed by atoms with Crippen LogP contribution in [0.3, 0.4) is 0 Å². The Morgan fingerprint density at radius 2 is 1.88 bits per heavy atom.